The van der Waals surface area contributed by atoms with Gasteiger partial charge in [0.2, 0.25) is 5.89 Å². The summed E-state index contributed by atoms with van der Waals surface area (Å²) in [4.78, 5) is 25.9. The third-order valence-corrected chi connectivity index (χ3v) is 2.38. The molecule has 94 valence electrons. The van der Waals surface area contributed by atoms with Crippen molar-refractivity contribution in [2.24, 2.45) is 0 Å². The lowest BCUT2D eigenvalue weighted by Gasteiger charge is -2.03. The van der Waals surface area contributed by atoms with Crippen LogP contribution >= 0.6 is 0 Å². The standard InChI is InChI=1S/C10H10N4O4/c1-6-3-10(15)13(4-8(6)14(16)17)5-9-11-7(2)18-12-9/h3-4H,5H2,1-2H3. The smallest absolute Gasteiger partial charge is 0.288 e. The fraction of sp³-hybridized carbons (Fsp3) is 0.300. The van der Waals surface area contributed by atoms with E-state index in [1.54, 1.807) is 6.92 Å². The fourth-order valence-corrected chi connectivity index (χ4v) is 1.53. The monoisotopic (exact) mass is 250 g/mol. The zero-order valence-electron chi connectivity index (χ0n) is 9.78. The number of aromatic nitrogens is 3. The van der Waals surface area contributed by atoms with Crippen molar-refractivity contribution in [3.63, 3.8) is 0 Å². The summed E-state index contributed by atoms with van der Waals surface area (Å²) in [5, 5.41) is 14.4. The van der Waals surface area contributed by atoms with E-state index in [0.29, 0.717) is 17.3 Å². The van der Waals surface area contributed by atoms with Crippen LogP contribution in [-0.2, 0) is 6.54 Å². The van der Waals surface area contributed by atoms with Gasteiger partial charge in [-0.05, 0) is 6.92 Å². The number of hydrogen-bond acceptors (Lipinski definition) is 6. The Morgan fingerprint density at radius 2 is 2.22 bits per heavy atom. The highest BCUT2D eigenvalue weighted by Gasteiger charge is 2.14. The minimum atomic E-state index is -0.535. The summed E-state index contributed by atoms with van der Waals surface area (Å²) in [6, 6.07) is 1.21. The molecule has 0 aliphatic heterocycles. The van der Waals surface area contributed by atoms with Crippen LogP contribution in [0.2, 0.25) is 0 Å². The number of aryl methyl sites for hydroxylation is 2. The Balaban J connectivity index is 2.42. The van der Waals surface area contributed by atoms with Crippen LogP contribution in [0.4, 0.5) is 5.69 Å². The van der Waals surface area contributed by atoms with Gasteiger partial charge in [-0.15, -0.1) is 0 Å². The number of nitrogens with zero attached hydrogens (tertiary/aromatic N) is 4. The predicted molar refractivity (Wildman–Crippen MR) is 60.2 cm³/mol. The molecule has 0 aliphatic rings. The zero-order valence-corrected chi connectivity index (χ0v) is 9.78. The van der Waals surface area contributed by atoms with Crippen molar-refractivity contribution in [2.45, 2.75) is 20.4 Å². The Labute approximate surface area is 101 Å². The molecule has 2 rings (SSSR count). The van der Waals surface area contributed by atoms with E-state index >= 15 is 0 Å². The lowest BCUT2D eigenvalue weighted by Crippen LogP contribution is -2.21. The largest absolute Gasteiger partial charge is 0.340 e. The van der Waals surface area contributed by atoms with Crippen molar-refractivity contribution in [3.8, 4) is 0 Å². The summed E-state index contributed by atoms with van der Waals surface area (Å²) >= 11 is 0. The van der Waals surface area contributed by atoms with Crippen molar-refractivity contribution in [1.29, 1.82) is 0 Å². The Kier molecular flexibility index (Phi) is 2.92. The first-order valence-electron chi connectivity index (χ1n) is 5.12. The summed E-state index contributed by atoms with van der Waals surface area (Å²) in [6.45, 7) is 3.18. The van der Waals surface area contributed by atoms with Crippen molar-refractivity contribution >= 4 is 5.69 Å². The quantitative estimate of drug-likeness (QED) is 0.589. The Morgan fingerprint density at radius 1 is 1.50 bits per heavy atom. The summed E-state index contributed by atoms with van der Waals surface area (Å²) in [6.07, 6.45) is 1.18. The molecule has 18 heavy (non-hydrogen) atoms. The van der Waals surface area contributed by atoms with Crippen molar-refractivity contribution in [2.75, 3.05) is 0 Å². The van der Waals surface area contributed by atoms with Crippen LogP contribution in [0.3, 0.4) is 0 Å². The average molecular weight is 250 g/mol. The average Bonchev–Trinajstić information content (AvgIpc) is 2.67. The molecule has 0 spiro atoms. The molecular formula is C10H10N4O4. The summed E-state index contributed by atoms with van der Waals surface area (Å²) in [7, 11) is 0. The molecule has 8 nitrogen and oxygen atoms in total. The number of pyridine rings is 1. The highest BCUT2D eigenvalue weighted by molar-refractivity contribution is 5.35. The van der Waals surface area contributed by atoms with Gasteiger partial charge in [-0.2, -0.15) is 4.98 Å². The lowest BCUT2D eigenvalue weighted by atomic mass is 10.2. The molecule has 2 aromatic rings. The van der Waals surface area contributed by atoms with Crippen LogP contribution < -0.4 is 5.56 Å². The molecule has 0 saturated carbocycles. The summed E-state index contributed by atoms with van der Waals surface area (Å²) in [5.74, 6) is 0.674. The zero-order chi connectivity index (χ0) is 13.3. The third kappa shape index (κ3) is 2.26. The van der Waals surface area contributed by atoms with Gasteiger partial charge in [-0.1, -0.05) is 5.16 Å². The summed E-state index contributed by atoms with van der Waals surface area (Å²) in [5.41, 5.74) is -0.138. The second-order valence-corrected chi connectivity index (χ2v) is 3.79. The Morgan fingerprint density at radius 3 is 2.78 bits per heavy atom. The van der Waals surface area contributed by atoms with Crippen LogP contribution in [0.5, 0.6) is 0 Å². The van der Waals surface area contributed by atoms with Crippen LogP contribution in [0, 0.1) is 24.0 Å². The maximum atomic E-state index is 11.7. The van der Waals surface area contributed by atoms with E-state index in [9.17, 15) is 14.9 Å². The van der Waals surface area contributed by atoms with Gasteiger partial charge in [0.1, 0.15) is 0 Å². The molecule has 8 heteroatoms. The molecule has 0 radical (unpaired) electrons. The van der Waals surface area contributed by atoms with Crippen LogP contribution in [-0.4, -0.2) is 19.6 Å². The topological polar surface area (TPSA) is 104 Å². The molecule has 0 N–H and O–H groups in total. The Bertz CT molecular complexity index is 658. The first-order chi connectivity index (χ1) is 8.47. The maximum absolute atomic E-state index is 11.7. The SMILES string of the molecule is Cc1nc(Cn2cc([N+](=O)[O-])c(C)cc2=O)no1. The lowest BCUT2D eigenvalue weighted by molar-refractivity contribution is -0.385. The molecule has 2 aromatic heterocycles. The highest BCUT2D eigenvalue weighted by atomic mass is 16.6. The van der Waals surface area contributed by atoms with E-state index in [4.69, 9.17) is 4.52 Å². The van der Waals surface area contributed by atoms with Crippen LogP contribution in [0.1, 0.15) is 17.3 Å². The van der Waals surface area contributed by atoms with Gasteiger partial charge in [0, 0.05) is 18.6 Å². The first kappa shape index (κ1) is 12.0. The van der Waals surface area contributed by atoms with Crippen molar-refractivity contribution < 1.29 is 9.45 Å². The van der Waals surface area contributed by atoms with Gasteiger partial charge in [-0.3, -0.25) is 14.9 Å². The molecule has 0 saturated heterocycles. The minimum absolute atomic E-state index is 0.0390. The molecular weight excluding hydrogens is 240 g/mol. The Hall–Kier alpha value is -2.51. The molecule has 0 amide bonds. The highest BCUT2D eigenvalue weighted by Crippen LogP contribution is 2.14. The van der Waals surface area contributed by atoms with E-state index in [2.05, 4.69) is 10.1 Å². The van der Waals surface area contributed by atoms with Crippen LogP contribution in [0.25, 0.3) is 0 Å². The van der Waals surface area contributed by atoms with Gasteiger partial charge in [-0.25, -0.2) is 0 Å². The second kappa shape index (κ2) is 4.40. The van der Waals surface area contributed by atoms with Gasteiger partial charge in [0.25, 0.3) is 11.2 Å². The third-order valence-electron chi connectivity index (χ3n) is 2.38. The van der Waals surface area contributed by atoms with E-state index in [1.165, 1.54) is 23.8 Å². The molecule has 0 fully saturated rings. The van der Waals surface area contributed by atoms with Crippen molar-refractivity contribution in [3.05, 3.63) is 50.0 Å². The van der Waals surface area contributed by atoms with Gasteiger partial charge >= 0.3 is 0 Å². The molecule has 0 aliphatic carbocycles. The molecule has 0 bridgehead atoms. The van der Waals surface area contributed by atoms with E-state index in [-0.39, 0.29) is 17.8 Å². The number of rotatable bonds is 3. The van der Waals surface area contributed by atoms with Crippen molar-refractivity contribution in [1.82, 2.24) is 14.7 Å². The van der Waals surface area contributed by atoms with Gasteiger partial charge < -0.3 is 9.09 Å². The van der Waals surface area contributed by atoms with E-state index < -0.39 is 4.92 Å². The van der Waals surface area contributed by atoms with Crippen LogP contribution in [0.15, 0.2) is 21.6 Å². The van der Waals surface area contributed by atoms with E-state index in [0.717, 1.165) is 0 Å². The number of nitro groups is 1. The number of hydrogen-bond donors (Lipinski definition) is 0. The molecule has 0 aromatic carbocycles. The van der Waals surface area contributed by atoms with Gasteiger partial charge in [0.05, 0.1) is 17.7 Å². The summed E-state index contributed by atoms with van der Waals surface area (Å²) < 4.78 is 5.94. The fourth-order valence-electron chi connectivity index (χ4n) is 1.53. The van der Waals surface area contributed by atoms with Gasteiger partial charge in [0.15, 0.2) is 5.82 Å². The maximum Gasteiger partial charge on any atom is 0.288 e. The molecule has 0 atom stereocenters. The second-order valence-electron chi connectivity index (χ2n) is 3.79. The minimum Gasteiger partial charge on any atom is -0.340 e. The first-order valence-corrected chi connectivity index (χ1v) is 5.12. The molecule has 2 heterocycles. The molecule has 0 unspecified atom stereocenters. The van der Waals surface area contributed by atoms with E-state index in [1.807, 2.05) is 0 Å². The predicted octanol–water partition coefficient (Wildman–Crippen LogP) is 0.805. The normalized spacial score (nSPS) is 10.6.